The van der Waals surface area contributed by atoms with Gasteiger partial charge in [-0.25, -0.2) is 4.79 Å². The SMILES string of the molecule is C[C@H](N)C(=O)N(c1ccccc1)[C@](C)(C(=O)O)C(C(=O)OCc1ccccc1)c1ccc(O)c(O)c1. The van der Waals surface area contributed by atoms with Gasteiger partial charge in [-0.2, -0.15) is 0 Å². The van der Waals surface area contributed by atoms with E-state index in [1.165, 1.54) is 32.0 Å². The molecule has 1 amide bonds. The van der Waals surface area contributed by atoms with Gasteiger partial charge in [0.15, 0.2) is 17.0 Å². The second-order valence-corrected chi connectivity index (χ2v) is 8.53. The second kappa shape index (κ2) is 10.9. The lowest BCUT2D eigenvalue weighted by Gasteiger charge is -2.43. The van der Waals surface area contributed by atoms with Gasteiger partial charge in [-0.1, -0.05) is 54.6 Å². The summed E-state index contributed by atoms with van der Waals surface area (Å²) in [5.41, 5.74) is 4.54. The maximum atomic E-state index is 13.6. The molecule has 5 N–H and O–H groups in total. The fraction of sp³-hybridized carbons (Fsp3) is 0.222. The van der Waals surface area contributed by atoms with Crippen LogP contribution >= 0.6 is 0 Å². The zero-order chi connectivity index (χ0) is 26.5. The quantitative estimate of drug-likeness (QED) is 0.263. The normalized spacial score (nSPS) is 14.2. The number of hydrogen-bond acceptors (Lipinski definition) is 7. The van der Waals surface area contributed by atoms with E-state index in [4.69, 9.17) is 10.5 Å². The van der Waals surface area contributed by atoms with E-state index >= 15 is 0 Å². The highest BCUT2D eigenvalue weighted by Gasteiger charge is 2.54. The van der Waals surface area contributed by atoms with Crippen molar-refractivity contribution < 1.29 is 34.4 Å². The minimum absolute atomic E-state index is 0.0201. The van der Waals surface area contributed by atoms with Gasteiger partial charge < -0.3 is 25.8 Å². The van der Waals surface area contributed by atoms with Gasteiger partial charge in [-0.15, -0.1) is 0 Å². The van der Waals surface area contributed by atoms with Crippen LogP contribution in [0.2, 0.25) is 0 Å². The smallest absolute Gasteiger partial charge is 0.330 e. The number of carboxylic acid groups (broad SMARTS) is 1. The van der Waals surface area contributed by atoms with Gasteiger partial charge in [0.25, 0.3) is 0 Å². The molecule has 0 aliphatic heterocycles. The molecule has 9 heteroatoms. The van der Waals surface area contributed by atoms with Crippen LogP contribution < -0.4 is 10.6 Å². The number of rotatable bonds is 9. The number of ether oxygens (including phenoxy) is 1. The van der Waals surface area contributed by atoms with Crippen molar-refractivity contribution >= 4 is 23.5 Å². The fourth-order valence-corrected chi connectivity index (χ4v) is 3.98. The molecule has 9 nitrogen and oxygen atoms in total. The highest BCUT2D eigenvalue weighted by molar-refractivity contribution is 6.06. The Hall–Kier alpha value is -4.37. The van der Waals surface area contributed by atoms with Crippen molar-refractivity contribution in [1.82, 2.24) is 0 Å². The number of para-hydroxylation sites is 1. The summed E-state index contributed by atoms with van der Waals surface area (Å²) in [6, 6.07) is 19.2. The topological polar surface area (TPSA) is 150 Å². The lowest BCUT2D eigenvalue weighted by molar-refractivity contribution is -0.156. The van der Waals surface area contributed by atoms with E-state index in [9.17, 15) is 29.7 Å². The number of carbonyl (C=O) groups is 3. The van der Waals surface area contributed by atoms with Crippen molar-refractivity contribution in [3.8, 4) is 11.5 Å². The number of carboxylic acids is 1. The average molecular weight is 493 g/mol. The third-order valence-electron chi connectivity index (χ3n) is 5.88. The number of nitrogens with two attached hydrogens (primary N) is 1. The number of aromatic hydroxyl groups is 2. The van der Waals surface area contributed by atoms with Crippen LogP contribution in [0.25, 0.3) is 0 Å². The standard InChI is InChI=1S/C27H28N2O7/c1-17(28)24(32)29(20-11-7-4-8-12-20)27(2,26(34)35)23(19-13-14-21(30)22(31)15-19)25(33)36-16-18-9-5-3-6-10-18/h3-15,17,23,30-31H,16,28H2,1-2H3,(H,34,35)/t17-,23?,27-/m0/s1. The average Bonchev–Trinajstić information content (AvgIpc) is 2.86. The Kier molecular flexibility index (Phi) is 7.96. The number of aliphatic carboxylic acids is 1. The molecule has 0 heterocycles. The number of esters is 1. The van der Waals surface area contributed by atoms with Crippen LogP contribution in [0, 0.1) is 0 Å². The number of phenols is 2. The Morgan fingerprint density at radius 1 is 0.944 bits per heavy atom. The number of phenolic OH excluding ortho intramolecular Hbond substituents is 2. The summed E-state index contributed by atoms with van der Waals surface area (Å²) >= 11 is 0. The Labute approximate surface area is 208 Å². The van der Waals surface area contributed by atoms with E-state index < -0.39 is 46.8 Å². The van der Waals surface area contributed by atoms with Crippen molar-refractivity contribution in [2.45, 2.75) is 38.0 Å². The number of carbonyl (C=O) groups excluding carboxylic acids is 2. The minimum Gasteiger partial charge on any atom is -0.504 e. The van der Waals surface area contributed by atoms with Gasteiger partial charge in [0, 0.05) is 5.69 Å². The molecule has 3 atom stereocenters. The van der Waals surface area contributed by atoms with Crippen LogP contribution in [-0.4, -0.2) is 44.7 Å². The molecule has 0 radical (unpaired) electrons. The summed E-state index contributed by atoms with van der Waals surface area (Å²) in [4.78, 5) is 40.9. The number of nitrogens with zero attached hydrogens (tertiary/aromatic N) is 1. The van der Waals surface area contributed by atoms with E-state index in [1.54, 1.807) is 48.5 Å². The first-order valence-electron chi connectivity index (χ1n) is 11.2. The Morgan fingerprint density at radius 2 is 1.53 bits per heavy atom. The zero-order valence-electron chi connectivity index (χ0n) is 19.9. The van der Waals surface area contributed by atoms with Gasteiger partial charge in [0.05, 0.1) is 6.04 Å². The Balaban J connectivity index is 2.20. The number of anilines is 1. The van der Waals surface area contributed by atoms with Crippen LogP contribution in [0.15, 0.2) is 78.9 Å². The maximum Gasteiger partial charge on any atom is 0.330 e. The Bertz CT molecular complexity index is 1230. The van der Waals surface area contributed by atoms with Crippen LogP contribution in [-0.2, 0) is 25.7 Å². The lowest BCUT2D eigenvalue weighted by atomic mass is 9.78. The number of amides is 1. The van der Waals surface area contributed by atoms with Crippen LogP contribution in [0.5, 0.6) is 11.5 Å². The van der Waals surface area contributed by atoms with E-state index in [-0.39, 0.29) is 17.9 Å². The van der Waals surface area contributed by atoms with Gasteiger partial charge in [-0.3, -0.25) is 14.5 Å². The molecule has 3 aromatic rings. The summed E-state index contributed by atoms with van der Waals surface area (Å²) in [5.74, 6) is -5.84. The van der Waals surface area contributed by atoms with Crippen LogP contribution in [0.4, 0.5) is 5.69 Å². The molecule has 0 bridgehead atoms. The molecular weight excluding hydrogens is 464 g/mol. The molecule has 188 valence electrons. The molecule has 0 fully saturated rings. The molecule has 0 aromatic heterocycles. The summed E-state index contributed by atoms with van der Waals surface area (Å²) < 4.78 is 5.52. The first-order chi connectivity index (χ1) is 17.1. The summed E-state index contributed by atoms with van der Waals surface area (Å²) in [5, 5.41) is 30.5. The number of benzene rings is 3. The summed E-state index contributed by atoms with van der Waals surface area (Å²) in [7, 11) is 0. The molecule has 0 aliphatic rings. The third-order valence-corrected chi connectivity index (χ3v) is 5.88. The monoisotopic (exact) mass is 492 g/mol. The van der Waals surface area contributed by atoms with E-state index in [0.717, 1.165) is 17.0 Å². The minimum atomic E-state index is -2.25. The molecule has 3 aromatic carbocycles. The molecular formula is C27H28N2O7. The van der Waals surface area contributed by atoms with Crippen molar-refractivity contribution in [3.63, 3.8) is 0 Å². The van der Waals surface area contributed by atoms with Crippen LogP contribution in [0.1, 0.15) is 30.9 Å². The molecule has 36 heavy (non-hydrogen) atoms. The third kappa shape index (κ3) is 5.31. The summed E-state index contributed by atoms with van der Waals surface area (Å²) in [6.45, 7) is 2.49. The first kappa shape index (κ1) is 26.2. The predicted molar refractivity (Wildman–Crippen MR) is 132 cm³/mol. The Morgan fingerprint density at radius 3 is 2.06 bits per heavy atom. The van der Waals surface area contributed by atoms with Crippen molar-refractivity contribution in [1.29, 1.82) is 0 Å². The molecule has 0 spiro atoms. The molecule has 0 aliphatic carbocycles. The second-order valence-electron chi connectivity index (χ2n) is 8.53. The van der Waals surface area contributed by atoms with Gasteiger partial charge >= 0.3 is 11.9 Å². The summed E-state index contributed by atoms with van der Waals surface area (Å²) in [6.07, 6.45) is 0. The zero-order valence-corrected chi connectivity index (χ0v) is 19.9. The predicted octanol–water partition coefficient (Wildman–Crippen LogP) is 3.15. The van der Waals surface area contributed by atoms with Gasteiger partial charge in [0.2, 0.25) is 5.91 Å². The molecule has 3 rings (SSSR count). The fourth-order valence-electron chi connectivity index (χ4n) is 3.98. The largest absolute Gasteiger partial charge is 0.504 e. The molecule has 0 saturated carbocycles. The highest BCUT2D eigenvalue weighted by atomic mass is 16.5. The first-order valence-corrected chi connectivity index (χ1v) is 11.2. The van der Waals surface area contributed by atoms with Gasteiger partial charge in [0.1, 0.15) is 12.5 Å². The lowest BCUT2D eigenvalue weighted by Crippen LogP contribution is -2.63. The number of hydrogen-bond donors (Lipinski definition) is 4. The molecule has 0 saturated heterocycles. The highest BCUT2D eigenvalue weighted by Crippen LogP contribution is 2.41. The van der Waals surface area contributed by atoms with Crippen molar-refractivity contribution in [2.24, 2.45) is 5.73 Å². The van der Waals surface area contributed by atoms with E-state index in [1.807, 2.05) is 0 Å². The molecule has 1 unspecified atom stereocenters. The van der Waals surface area contributed by atoms with Crippen molar-refractivity contribution in [2.75, 3.05) is 4.90 Å². The van der Waals surface area contributed by atoms with E-state index in [0.29, 0.717) is 5.56 Å². The van der Waals surface area contributed by atoms with Crippen molar-refractivity contribution in [3.05, 3.63) is 90.0 Å². The maximum absolute atomic E-state index is 13.6. The van der Waals surface area contributed by atoms with E-state index in [2.05, 4.69) is 0 Å². The van der Waals surface area contributed by atoms with Crippen LogP contribution in [0.3, 0.4) is 0 Å². The van der Waals surface area contributed by atoms with Gasteiger partial charge in [-0.05, 0) is 49.2 Å².